The molecule has 1 saturated heterocycles. The maximum atomic E-state index is 13.9. The van der Waals surface area contributed by atoms with E-state index >= 15 is 0 Å². The molecule has 3 rings (SSSR count). The minimum atomic E-state index is -5.00. The molecule has 11 heteroatoms. The lowest BCUT2D eigenvalue weighted by atomic mass is 10.1. The van der Waals surface area contributed by atoms with Gasteiger partial charge < -0.3 is 15.4 Å². The van der Waals surface area contributed by atoms with Crippen LogP contribution in [0.15, 0.2) is 30.6 Å². The number of benzene rings is 1. The average molecular weight is 402 g/mol. The summed E-state index contributed by atoms with van der Waals surface area (Å²) in [6, 6.07) is 3.76. The first-order chi connectivity index (χ1) is 13.2. The van der Waals surface area contributed by atoms with Gasteiger partial charge in [0.15, 0.2) is 11.6 Å². The SMILES string of the molecule is O=C(NCc1cc(-c2ccc(OC(F)(F)F)c(F)c2)ncn1)[C@@H]1C[C@@H](F)CN1. The Morgan fingerprint density at radius 1 is 1.29 bits per heavy atom. The Morgan fingerprint density at radius 3 is 2.71 bits per heavy atom. The molecule has 2 heterocycles. The van der Waals surface area contributed by atoms with Crippen LogP contribution in [-0.4, -0.2) is 41.0 Å². The number of rotatable bonds is 5. The highest BCUT2D eigenvalue weighted by Crippen LogP contribution is 2.29. The Kier molecular flexibility index (Phi) is 5.73. The highest BCUT2D eigenvalue weighted by atomic mass is 19.4. The summed E-state index contributed by atoms with van der Waals surface area (Å²) in [4.78, 5) is 19.9. The number of amides is 1. The average Bonchev–Trinajstić information content (AvgIpc) is 3.07. The maximum absolute atomic E-state index is 13.9. The van der Waals surface area contributed by atoms with Crippen LogP contribution in [0.25, 0.3) is 11.3 Å². The van der Waals surface area contributed by atoms with Gasteiger partial charge in [-0.2, -0.15) is 0 Å². The summed E-state index contributed by atoms with van der Waals surface area (Å²) >= 11 is 0. The fraction of sp³-hybridized carbons (Fsp3) is 0.353. The summed E-state index contributed by atoms with van der Waals surface area (Å²) in [5.41, 5.74) is 0.850. The van der Waals surface area contributed by atoms with Gasteiger partial charge in [0, 0.05) is 18.5 Å². The fourth-order valence-electron chi connectivity index (χ4n) is 2.71. The second kappa shape index (κ2) is 8.05. The predicted molar refractivity (Wildman–Crippen MR) is 87.3 cm³/mol. The lowest BCUT2D eigenvalue weighted by molar-refractivity contribution is -0.275. The van der Waals surface area contributed by atoms with Crippen LogP contribution < -0.4 is 15.4 Å². The van der Waals surface area contributed by atoms with Crippen molar-refractivity contribution in [3.8, 4) is 17.0 Å². The van der Waals surface area contributed by atoms with Gasteiger partial charge in [-0.05, 0) is 24.3 Å². The summed E-state index contributed by atoms with van der Waals surface area (Å²) < 4.78 is 67.2. The summed E-state index contributed by atoms with van der Waals surface area (Å²) in [7, 11) is 0. The zero-order valence-electron chi connectivity index (χ0n) is 14.3. The largest absolute Gasteiger partial charge is 0.573 e. The van der Waals surface area contributed by atoms with E-state index in [1.165, 1.54) is 18.5 Å². The van der Waals surface area contributed by atoms with Crippen LogP contribution in [0.4, 0.5) is 22.0 Å². The standard InChI is InChI=1S/C17H15F5N4O2/c18-10-4-14(23-6-10)16(27)24-7-11-5-13(26-8-25-11)9-1-2-15(12(19)3-9)28-17(20,21)22/h1-3,5,8,10,14,23H,4,6-7H2,(H,24,27)/t10-,14+/m1/s1. The van der Waals surface area contributed by atoms with Crippen molar-refractivity contribution in [1.82, 2.24) is 20.6 Å². The Balaban J connectivity index is 1.67. The van der Waals surface area contributed by atoms with E-state index in [1.807, 2.05) is 0 Å². The van der Waals surface area contributed by atoms with Crippen LogP contribution in [-0.2, 0) is 11.3 Å². The number of nitrogens with one attached hydrogen (secondary N) is 2. The van der Waals surface area contributed by atoms with E-state index in [0.717, 1.165) is 12.1 Å². The first-order valence-electron chi connectivity index (χ1n) is 8.23. The van der Waals surface area contributed by atoms with Crippen LogP contribution in [0, 0.1) is 5.82 Å². The number of hydrogen-bond acceptors (Lipinski definition) is 5. The molecule has 0 aliphatic carbocycles. The number of hydrogen-bond donors (Lipinski definition) is 2. The first-order valence-corrected chi connectivity index (χ1v) is 8.23. The Bertz CT molecular complexity index is 862. The van der Waals surface area contributed by atoms with E-state index in [-0.39, 0.29) is 36.7 Å². The number of aromatic nitrogens is 2. The molecule has 0 unspecified atom stereocenters. The minimum absolute atomic E-state index is 0.0290. The number of ether oxygens (including phenoxy) is 1. The van der Waals surface area contributed by atoms with E-state index in [9.17, 15) is 26.7 Å². The fourth-order valence-corrected chi connectivity index (χ4v) is 2.71. The van der Waals surface area contributed by atoms with Crippen LogP contribution in [0.3, 0.4) is 0 Å². The summed E-state index contributed by atoms with van der Waals surface area (Å²) in [6.07, 6.45) is -4.80. The van der Waals surface area contributed by atoms with E-state index in [1.54, 1.807) is 0 Å². The lowest BCUT2D eigenvalue weighted by Gasteiger charge is -2.12. The number of nitrogens with zero attached hydrogens (tertiary/aromatic N) is 2. The van der Waals surface area contributed by atoms with Gasteiger partial charge in [-0.15, -0.1) is 13.2 Å². The van der Waals surface area contributed by atoms with Gasteiger partial charge in [-0.25, -0.2) is 18.7 Å². The van der Waals surface area contributed by atoms with Crippen LogP contribution in [0.2, 0.25) is 0 Å². The highest BCUT2D eigenvalue weighted by molar-refractivity contribution is 5.82. The quantitative estimate of drug-likeness (QED) is 0.752. The third-order valence-electron chi connectivity index (χ3n) is 4.01. The number of halogens is 5. The maximum Gasteiger partial charge on any atom is 0.573 e. The molecule has 0 radical (unpaired) electrons. The Hall–Kier alpha value is -2.82. The molecule has 28 heavy (non-hydrogen) atoms. The predicted octanol–water partition coefficient (Wildman–Crippen LogP) is 2.50. The van der Waals surface area contributed by atoms with E-state index < -0.39 is 30.1 Å². The molecule has 150 valence electrons. The second-order valence-electron chi connectivity index (χ2n) is 6.10. The van der Waals surface area contributed by atoms with Crippen molar-refractivity contribution in [3.05, 3.63) is 42.1 Å². The third kappa shape index (κ3) is 5.12. The smallest absolute Gasteiger partial charge is 0.403 e. The van der Waals surface area contributed by atoms with E-state index in [2.05, 4.69) is 25.3 Å². The molecule has 2 N–H and O–H groups in total. The van der Waals surface area contributed by atoms with E-state index in [0.29, 0.717) is 5.69 Å². The van der Waals surface area contributed by atoms with E-state index in [4.69, 9.17) is 0 Å². The van der Waals surface area contributed by atoms with Crippen molar-refractivity contribution in [2.45, 2.75) is 31.5 Å². The van der Waals surface area contributed by atoms with Gasteiger partial charge >= 0.3 is 6.36 Å². The molecular formula is C17H15F5N4O2. The summed E-state index contributed by atoms with van der Waals surface area (Å²) in [6.45, 7) is 0.149. The highest BCUT2D eigenvalue weighted by Gasteiger charge is 2.32. The molecule has 6 nitrogen and oxygen atoms in total. The Morgan fingerprint density at radius 2 is 2.07 bits per heavy atom. The molecule has 1 aliphatic rings. The molecule has 2 atom stereocenters. The second-order valence-corrected chi connectivity index (χ2v) is 6.10. The molecule has 1 aromatic heterocycles. The van der Waals surface area contributed by atoms with Crippen molar-refractivity contribution in [1.29, 1.82) is 0 Å². The molecular weight excluding hydrogens is 387 g/mol. The molecule has 0 bridgehead atoms. The molecule has 1 amide bonds. The normalized spacial score (nSPS) is 19.5. The summed E-state index contributed by atoms with van der Waals surface area (Å²) in [5.74, 6) is -2.52. The van der Waals surface area contributed by atoms with Gasteiger partial charge in [0.2, 0.25) is 5.91 Å². The van der Waals surface area contributed by atoms with Crippen molar-refractivity contribution in [3.63, 3.8) is 0 Å². The Labute approximate surface area is 156 Å². The molecule has 2 aromatic rings. The molecule has 0 spiro atoms. The molecule has 0 saturated carbocycles. The zero-order valence-corrected chi connectivity index (χ0v) is 14.3. The first kappa shape index (κ1) is 19.9. The number of carbonyl (C=O) groups excluding carboxylic acids is 1. The van der Waals surface area contributed by atoms with Crippen molar-refractivity contribution in [2.24, 2.45) is 0 Å². The van der Waals surface area contributed by atoms with Crippen LogP contribution in [0.1, 0.15) is 12.1 Å². The monoisotopic (exact) mass is 402 g/mol. The number of carbonyl (C=O) groups is 1. The number of alkyl halides is 4. The zero-order chi connectivity index (χ0) is 20.3. The molecule has 1 aliphatic heterocycles. The van der Waals surface area contributed by atoms with Crippen molar-refractivity contribution in [2.75, 3.05) is 6.54 Å². The third-order valence-corrected chi connectivity index (χ3v) is 4.01. The molecule has 1 fully saturated rings. The van der Waals surface area contributed by atoms with Crippen LogP contribution >= 0.6 is 0 Å². The minimum Gasteiger partial charge on any atom is -0.403 e. The van der Waals surface area contributed by atoms with Gasteiger partial charge in [0.1, 0.15) is 12.5 Å². The van der Waals surface area contributed by atoms with Gasteiger partial charge in [-0.3, -0.25) is 4.79 Å². The molecule has 1 aromatic carbocycles. The van der Waals surface area contributed by atoms with Gasteiger partial charge in [0.05, 0.1) is 24.0 Å². The van der Waals surface area contributed by atoms with Gasteiger partial charge in [0.25, 0.3) is 0 Å². The topological polar surface area (TPSA) is 76.1 Å². The van der Waals surface area contributed by atoms with Crippen molar-refractivity contribution < 1.29 is 31.5 Å². The lowest BCUT2D eigenvalue weighted by Crippen LogP contribution is -2.40. The van der Waals surface area contributed by atoms with Gasteiger partial charge in [-0.1, -0.05) is 0 Å². The summed E-state index contributed by atoms with van der Waals surface area (Å²) in [5, 5.41) is 5.36. The van der Waals surface area contributed by atoms with Crippen LogP contribution in [0.5, 0.6) is 5.75 Å². The van der Waals surface area contributed by atoms with Crippen molar-refractivity contribution >= 4 is 5.91 Å².